The van der Waals surface area contributed by atoms with Gasteiger partial charge in [-0.15, -0.1) is 0 Å². The molecule has 3 N–H and O–H groups in total. The number of nitrogens with two attached hydrogens (primary N) is 1. The molecule has 14 heavy (non-hydrogen) atoms. The van der Waals surface area contributed by atoms with E-state index >= 15 is 0 Å². The van der Waals surface area contributed by atoms with Gasteiger partial charge in [-0.25, -0.2) is 0 Å². The van der Waals surface area contributed by atoms with Gasteiger partial charge in [-0.3, -0.25) is 4.68 Å². The first-order valence-electron chi connectivity index (χ1n) is 4.52. The quantitative estimate of drug-likeness (QED) is 0.729. The standard InChI is InChI=1S/C10H13N3O/c1-13-9-4-7(10(14)5-11)2-3-8(9)6-12-13/h2-4,6,10,14H,5,11H2,1H3. The Balaban J connectivity index is 2.54. The van der Waals surface area contributed by atoms with E-state index in [1.807, 2.05) is 25.2 Å². The zero-order chi connectivity index (χ0) is 10.1. The van der Waals surface area contributed by atoms with E-state index in [1.165, 1.54) is 0 Å². The number of aryl methyl sites for hydroxylation is 1. The Bertz CT molecular complexity index is 450. The summed E-state index contributed by atoms with van der Waals surface area (Å²) in [5.41, 5.74) is 7.23. The van der Waals surface area contributed by atoms with Gasteiger partial charge in [-0.05, 0) is 11.6 Å². The van der Waals surface area contributed by atoms with Crippen molar-refractivity contribution in [3.63, 3.8) is 0 Å². The maximum Gasteiger partial charge on any atom is 0.0913 e. The molecule has 1 heterocycles. The van der Waals surface area contributed by atoms with Crippen LogP contribution < -0.4 is 5.73 Å². The first-order valence-corrected chi connectivity index (χ1v) is 4.52. The first-order chi connectivity index (χ1) is 6.72. The van der Waals surface area contributed by atoms with E-state index in [2.05, 4.69) is 5.10 Å². The number of hydrogen-bond acceptors (Lipinski definition) is 3. The molecule has 1 unspecified atom stereocenters. The van der Waals surface area contributed by atoms with Crippen molar-refractivity contribution < 1.29 is 5.11 Å². The lowest BCUT2D eigenvalue weighted by Crippen LogP contribution is -2.11. The fourth-order valence-electron chi connectivity index (χ4n) is 1.50. The third-order valence-electron chi connectivity index (χ3n) is 2.38. The number of hydrogen-bond donors (Lipinski definition) is 2. The SMILES string of the molecule is Cn1ncc2ccc(C(O)CN)cc21. The van der Waals surface area contributed by atoms with Gasteiger partial charge in [0.2, 0.25) is 0 Å². The van der Waals surface area contributed by atoms with Crippen molar-refractivity contribution >= 4 is 10.9 Å². The Morgan fingerprint density at radius 1 is 1.57 bits per heavy atom. The van der Waals surface area contributed by atoms with E-state index in [1.54, 1.807) is 10.9 Å². The van der Waals surface area contributed by atoms with Crippen LogP contribution in [0.5, 0.6) is 0 Å². The Morgan fingerprint density at radius 3 is 3.07 bits per heavy atom. The highest BCUT2D eigenvalue weighted by molar-refractivity contribution is 5.79. The largest absolute Gasteiger partial charge is 0.387 e. The minimum absolute atomic E-state index is 0.239. The second-order valence-electron chi connectivity index (χ2n) is 3.34. The van der Waals surface area contributed by atoms with Crippen LogP contribution >= 0.6 is 0 Å². The van der Waals surface area contributed by atoms with Crippen LogP contribution in [0.2, 0.25) is 0 Å². The normalized spacial score (nSPS) is 13.4. The highest BCUT2D eigenvalue weighted by atomic mass is 16.3. The Hall–Kier alpha value is -1.39. The molecule has 0 saturated heterocycles. The summed E-state index contributed by atoms with van der Waals surface area (Å²) < 4.78 is 1.78. The highest BCUT2D eigenvalue weighted by Crippen LogP contribution is 2.19. The molecule has 2 rings (SSSR count). The summed E-state index contributed by atoms with van der Waals surface area (Å²) in [6, 6.07) is 5.73. The number of aliphatic hydroxyl groups is 1. The average Bonchev–Trinajstić information content (AvgIpc) is 2.59. The third-order valence-corrected chi connectivity index (χ3v) is 2.38. The van der Waals surface area contributed by atoms with Crippen molar-refractivity contribution in [1.29, 1.82) is 0 Å². The van der Waals surface area contributed by atoms with Gasteiger partial charge in [0.1, 0.15) is 0 Å². The molecule has 0 spiro atoms. The molecule has 4 nitrogen and oxygen atoms in total. The molecule has 0 aliphatic heterocycles. The van der Waals surface area contributed by atoms with Crippen molar-refractivity contribution in [3.05, 3.63) is 30.0 Å². The maximum atomic E-state index is 9.56. The summed E-state index contributed by atoms with van der Waals surface area (Å²) >= 11 is 0. The van der Waals surface area contributed by atoms with E-state index in [0.717, 1.165) is 16.5 Å². The molecule has 74 valence electrons. The zero-order valence-corrected chi connectivity index (χ0v) is 8.01. The fourth-order valence-corrected chi connectivity index (χ4v) is 1.50. The molecule has 0 bridgehead atoms. The summed E-state index contributed by atoms with van der Waals surface area (Å²) in [6.45, 7) is 0.239. The third kappa shape index (κ3) is 1.38. The van der Waals surface area contributed by atoms with Gasteiger partial charge in [0.05, 0.1) is 17.8 Å². The molecule has 0 fully saturated rings. The van der Waals surface area contributed by atoms with Gasteiger partial charge in [0.15, 0.2) is 0 Å². The van der Waals surface area contributed by atoms with Gasteiger partial charge < -0.3 is 10.8 Å². The van der Waals surface area contributed by atoms with Crippen molar-refractivity contribution in [3.8, 4) is 0 Å². The van der Waals surface area contributed by atoms with Crippen molar-refractivity contribution in [2.24, 2.45) is 12.8 Å². The van der Waals surface area contributed by atoms with Crippen molar-refractivity contribution in [2.45, 2.75) is 6.10 Å². The van der Waals surface area contributed by atoms with E-state index in [-0.39, 0.29) is 6.54 Å². The molecule has 1 aromatic heterocycles. The Labute approximate surface area is 81.9 Å². The first kappa shape index (κ1) is 9.18. The summed E-state index contributed by atoms with van der Waals surface area (Å²) in [7, 11) is 1.88. The van der Waals surface area contributed by atoms with Crippen LogP contribution in [0.4, 0.5) is 0 Å². The predicted octanol–water partition coefficient (Wildman–Crippen LogP) is 0.565. The second-order valence-corrected chi connectivity index (χ2v) is 3.34. The molecule has 0 radical (unpaired) electrons. The number of fused-ring (bicyclic) bond motifs is 1. The summed E-state index contributed by atoms with van der Waals surface area (Å²) in [5, 5.41) is 14.8. The van der Waals surface area contributed by atoms with E-state index in [4.69, 9.17) is 5.73 Å². The number of aromatic nitrogens is 2. The fraction of sp³-hybridized carbons (Fsp3) is 0.300. The Morgan fingerprint density at radius 2 is 2.36 bits per heavy atom. The lowest BCUT2D eigenvalue weighted by atomic mass is 10.1. The van der Waals surface area contributed by atoms with Gasteiger partial charge in [-0.1, -0.05) is 12.1 Å². The van der Waals surface area contributed by atoms with Gasteiger partial charge in [-0.2, -0.15) is 5.10 Å². The van der Waals surface area contributed by atoms with Gasteiger partial charge in [0, 0.05) is 19.0 Å². The molecule has 0 aliphatic rings. The highest BCUT2D eigenvalue weighted by Gasteiger charge is 2.07. The maximum absolute atomic E-state index is 9.56. The van der Waals surface area contributed by atoms with Crippen LogP contribution in [0.25, 0.3) is 10.9 Å². The smallest absolute Gasteiger partial charge is 0.0913 e. The predicted molar refractivity (Wildman–Crippen MR) is 54.7 cm³/mol. The van der Waals surface area contributed by atoms with Crippen LogP contribution in [0.1, 0.15) is 11.7 Å². The molecular formula is C10H13N3O. The molecule has 0 aliphatic carbocycles. The molecule has 4 heteroatoms. The van der Waals surface area contributed by atoms with E-state index < -0.39 is 6.10 Å². The lowest BCUT2D eigenvalue weighted by molar-refractivity contribution is 0.187. The minimum atomic E-state index is -0.589. The van der Waals surface area contributed by atoms with Gasteiger partial charge >= 0.3 is 0 Å². The van der Waals surface area contributed by atoms with Crippen molar-refractivity contribution in [1.82, 2.24) is 9.78 Å². The van der Waals surface area contributed by atoms with E-state index in [0.29, 0.717) is 0 Å². The zero-order valence-electron chi connectivity index (χ0n) is 8.01. The van der Waals surface area contributed by atoms with Gasteiger partial charge in [0.25, 0.3) is 0 Å². The number of nitrogens with zero attached hydrogens (tertiary/aromatic N) is 2. The Kier molecular flexibility index (Phi) is 2.23. The molecule has 1 atom stereocenters. The van der Waals surface area contributed by atoms with Crippen LogP contribution in [0, 0.1) is 0 Å². The monoisotopic (exact) mass is 191 g/mol. The molecule has 0 amide bonds. The summed E-state index contributed by atoms with van der Waals surface area (Å²) in [6.07, 6.45) is 1.21. The average molecular weight is 191 g/mol. The number of aliphatic hydroxyl groups excluding tert-OH is 1. The van der Waals surface area contributed by atoms with E-state index in [9.17, 15) is 5.11 Å². The summed E-state index contributed by atoms with van der Waals surface area (Å²) in [4.78, 5) is 0. The molecule has 2 aromatic rings. The lowest BCUT2D eigenvalue weighted by Gasteiger charge is -2.07. The van der Waals surface area contributed by atoms with Crippen LogP contribution in [-0.2, 0) is 7.05 Å². The van der Waals surface area contributed by atoms with Crippen LogP contribution in [0.15, 0.2) is 24.4 Å². The number of rotatable bonds is 2. The topological polar surface area (TPSA) is 64.1 Å². The molecular weight excluding hydrogens is 178 g/mol. The molecule has 1 aromatic carbocycles. The second kappa shape index (κ2) is 3.40. The van der Waals surface area contributed by atoms with Crippen LogP contribution in [0.3, 0.4) is 0 Å². The minimum Gasteiger partial charge on any atom is -0.387 e. The molecule has 0 saturated carbocycles. The number of benzene rings is 1. The van der Waals surface area contributed by atoms with Crippen molar-refractivity contribution in [2.75, 3.05) is 6.54 Å². The van der Waals surface area contributed by atoms with Crippen LogP contribution in [-0.4, -0.2) is 21.4 Å². The summed E-state index contributed by atoms with van der Waals surface area (Å²) in [5.74, 6) is 0.